The number of aliphatic hydroxyl groups is 1. The molecule has 1 aromatic carbocycles. The smallest absolute Gasteiger partial charge is 0.449 e. The summed E-state index contributed by atoms with van der Waals surface area (Å²) in [6, 6.07) is 0.888. The number of benzene rings is 1. The van der Waals surface area contributed by atoms with Crippen LogP contribution in [0.2, 0.25) is 0 Å². The predicted molar refractivity (Wildman–Crippen MR) is 113 cm³/mol. The molecule has 5 rings (SSSR count). The number of pyridine rings is 1. The number of rotatable bonds is 4. The lowest BCUT2D eigenvalue weighted by Gasteiger charge is -2.37. The van der Waals surface area contributed by atoms with Crippen LogP contribution in [0.3, 0.4) is 0 Å². The Morgan fingerprint density at radius 3 is 2.56 bits per heavy atom. The Balaban J connectivity index is 1.65. The minimum Gasteiger partial charge on any atom is -0.449 e. The van der Waals surface area contributed by atoms with Crippen molar-refractivity contribution >= 4 is 22.7 Å². The van der Waals surface area contributed by atoms with Gasteiger partial charge in [0.1, 0.15) is 11.5 Å². The highest BCUT2D eigenvalue weighted by molar-refractivity contribution is 5.86. The van der Waals surface area contributed by atoms with Crippen molar-refractivity contribution in [1.29, 1.82) is 0 Å². The minimum atomic E-state index is -1.66. The molecule has 1 saturated heterocycles. The molecule has 3 aliphatic rings. The van der Waals surface area contributed by atoms with E-state index >= 15 is 8.78 Å². The third kappa shape index (κ3) is 3.34. The molecule has 1 atom stereocenters. The Morgan fingerprint density at radius 2 is 1.94 bits per heavy atom. The zero-order valence-corrected chi connectivity index (χ0v) is 17.6. The Bertz CT molecular complexity index is 1140. The monoisotopic (exact) mass is 448 g/mol. The van der Waals surface area contributed by atoms with E-state index in [9.17, 15) is 14.7 Å². The van der Waals surface area contributed by atoms with Crippen molar-refractivity contribution in [3.05, 3.63) is 34.1 Å². The van der Waals surface area contributed by atoms with Gasteiger partial charge in [-0.05, 0) is 37.2 Å². The molecule has 3 fully saturated rings. The number of halogens is 2. The maximum Gasteiger partial charge on any atom is 0.511 e. The van der Waals surface area contributed by atoms with Crippen LogP contribution in [0, 0.1) is 23.0 Å². The third-order valence-electron chi connectivity index (χ3n) is 7.49. The van der Waals surface area contributed by atoms with E-state index in [1.807, 2.05) is 0 Å². The molecular weight excluding hydrogens is 422 g/mol. The summed E-state index contributed by atoms with van der Waals surface area (Å²) < 4.78 is 37.3. The molecular formula is C23H26F2N2O5. The zero-order valence-electron chi connectivity index (χ0n) is 17.6. The summed E-state index contributed by atoms with van der Waals surface area (Å²) in [5, 5.41) is 18.7. The third-order valence-corrected chi connectivity index (χ3v) is 7.49. The summed E-state index contributed by atoms with van der Waals surface area (Å²) in [6.45, 7) is 0.783. The van der Waals surface area contributed by atoms with Crippen LogP contribution in [0.4, 0.5) is 19.3 Å². The molecule has 172 valence electrons. The van der Waals surface area contributed by atoms with Crippen LogP contribution in [0.5, 0.6) is 5.75 Å². The number of ether oxygens (including phenoxy) is 1. The number of nitrogens with zero attached hydrogens (tertiary/aromatic N) is 2. The fraction of sp³-hybridized carbons (Fsp3) is 0.565. The molecule has 0 bridgehead atoms. The molecule has 2 aliphatic carbocycles. The van der Waals surface area contributed by atoms with Gasteiger partial charge >= 0.3 is 6.16 Å². The fourth-order valence-corrected chi connectivity index (χ4v) is 5.78. The largest absolute Gasteiger partial charge is 0.511 e. The number of carbonyl (C=O) groups is 1. The molecule has 1 aliphatic heterocycles. The molecule has 7 nitrogen and oxygen atoms in total. The van der Waals surface area contributed by atoms with Crippen LogP contribution >= 0.6 is 0 Å². The van der Waals surface area contributed by atoms with E-state index in [2.05, 4.69) is 4.74 Å². The second-order valence-electron chi connectivity index (χ2n) is 9.43. The summed E-state index contributed by atoms with van der Waals surface area (Å²) in [5.41, 5.74) is -1.23. The highest BCUT2D eigenvalue weighted by atomic mass is 19.1. The number of hydrogen-bond acceptors (Lipinski definition) is 5. The van der Waals surface area contributed by atoms with Gasteiger partial charge in [-0.2, -0.15) is 0 Å². The highest BCUT2D eigenvalue weighted by Gasteiger charge is 2.47. The average molecular weight is 448 g/mol. The van der Waals surface area contributed by atoms with Crippen LogP contribution in [0.1, 0.15) is 51.0 Å². The second kappa shape index (κ2) is 7.72. The fourth-order valence-electron chi connectivity index (χ4n) is 5.78. The highest BCUT2D eigenvalue weighted by Crippen LogP contribution is 2.49. The van der Waals surface area contributed by atoms with Crippen molar-refractivity contribution in [3.63, 3.8) is 0 Å². The Labute approximate surface area is 183 Å². The van der Waals surface area contributed by atoms with Gasteiger partial charge in [-0.1, -0.05) is 19.3 Å². The van der Waals surface area contributed by atoms with Crippen molar-refractivity contribution in [2.45, 2.75) is 51.0 Å². The number of anilines is 1. The van der Waals surface area contributed by atoms with Crippen molar-refractivity contribution in [2.24, 2.45) is 11.3 Å². The second-order valence-corrected chi connectivity index (χ2v) is 9.43. The average Bonchev–Trinajstić information content (AvgIpc) is 3.54. The van der Waals surface area contributed by atoms with Crippen LogP contribution in [0.25, 0.3) is 10.9 Å². The van der Waals surface area contributed by atoms with E-state index in [1.165, 1.54) is 10.8 Å². The van der Waals surface area contributed by atoms with Gasteiger partial charge in [-0.15, -0.1) is 0 Å². The van der Waals surface area contributed by atoms with Gasteiger partial charge in [0, 0.05) is 31.7 Å². The summed E-state index contributed by atoms with van der Waals surface area (Å²) >= 11 is 0. The molecule has 2 saturated carbocycles. The SMILES string of the molecule is O=C(O)Oc1cn(C2CC2)c2c(F)c(N3CC(CO)C4(CCCCC4)C3)c(F)cc2c1=O. The topological polar surface area (TPSA) is 92.0 Å². The molecule has 0 radical (unpaired) electrons. The standard InChI is InChI=1S/C23H26F2N2O5/c24-16-8-15-19(27(14-4-5-14)10-17(21(15)29)32-22(30)31)18(25)20(16)26-9-13(11-28)23(12-26)6-2-1-3-7-23/h8,10,13-14,28H,1-7,9,11-12H2,(H,30,31). The molecule has 9 heteroatoms. The maximum atomic E-state index is 15.9. The van der Waals surface area contributed by atoms with E-state index < -0.39 is 29.0 Å². The van der Waals surface area contributed by atoms with Crippen LogP contribution in [-0.2, 0) is 0 Å². The number of carboxylic acid groups (broad SMARTS) is 1. The first-order valence-corrected chi connectivity index (χ1v) is 11.2. The summed E-state index contributed by atoms with van der Waals surface area (Å²) in [5.74, 6) is -2.22. The zero-order chi connectivity index (χ0) is 22.6. The van der Waals surface area contributed by atoms with Crippen LogP contribution in [0.15, 0.2) is 17.1 Å². The number of hydrogen-bond donors (Lipinski definition) is 2. The van der Waals surface area contributed by atoms with Crippen molar-refractivity contribution < 1.29 is 28.5 Å². The molecule has 2 heterocycles. The number of fused-ring (bicyclic) bond motifs is 1. The summed E-state index contributed by atoms with van der Waals surface area (Å²) in [6.07, 6.45) is 6.11. The summed E-state index contributed by atoms with van der Waals surface area (Å²) in [7, 11) is 0. The van der Waals surface area contributed by atoms with E-state index in [1.54, 1.807) is 4.90 Å². The van der Waals surface area contributed by atoms with E-state index in [0.29, 0.717) is 13.1 Å². The van der Waals surface area contributed by atoms with E-state index in [4.69, 9.17) is 5.11 Å². The quantitative estimate of drug-likeness (QED) is 0.686. The molecule has 2 N–H and O–H groups in total. The van der Waals surface area contributed by atoms with Gasteiger partial charge in [0.2, 0.25) is 5.43 Å². The molecule has 2 aromatic rings. The molecule has 0 amide bonds. The van der Waals surface area contributed by atoms with Gasteiger partial charge in [-0.25, -0.2) is 13.6 Å². The molecule has 1 aromatic heterocycles. The first-order chi connectivity index (χ1) is 15.3. The van der Waals surface area contributed by atoms with Crippen LogP contribution in [-0.4, -0.2) is 40.6 Å². The molecule has 32 heavy (non-hydrogen) atoms. The van der Waals surface area contributed by atoms with Gasteiger partial charge in [0.15, 0.2) is 11.6 Å². The maximum absolute atomic E-state index is 15.9. The lowest BCUT2D eigenvalue weighted by Crippen LogP contribution is -2.34. The number of aliphatic hydroxyl groups excluding tert-OH is 1. The van der Waals surface area contributed by atoms with Gasteiger partial charge in [0.25, 0.3) is 0 Å². The molecule has 1 unspecified atom stereocenters. The van der Waals surface area contributed by atoms with Crippen LogP contribution < -0.4 is 15.1 Å². The van der Waals surface area contributed by atoms with Gasteiger partial charge in [-0.3, -0.25) is 4.79 Å². The first-order valence-electron chi connectivity index (χ1n) is 11.2. The van der Waals surface area contributed by atoms with Gasteiger partial charge < -0.3 is 24.4 Å². The normalized spacial score (nSPS) is 22.6. The Morgan fingerprint density at radius 1 is 1.22 bits per heavy atom. The predicted octanol–water partition coefficient (Wildman–Crippen LogP) is 4.05. The summed E-state index contributed by atoms with van der Waals surface area (Å²) in [4.78, 5) is 25.4. The lowest BCUT2D eigenvalue weighted by atomic mass is 9.68. The Hall–Kier alpha value is -2.68. The minimum absolute atomic E-state index is 0.0308. The van der Waals surface area contributed by atoms with E-state index in [-0.39, 0.29) is 40.6 Å². The van der Waals surface area contributed by atoms with Crippen molar-refractivity contribution in [2.75, 3.05) is 24.6 Å². The van der Waals surface area contributed by atoms with Crippen molar-refractivity contribution in [3.8, 4) is 5.75 Å². The Kier molecular flexibility index (Phi) is 5.11. The first kappa shape index (κ1) is 21.2. The lowest BCUT2D eigenvalue weighted by molar-refractivity contribution is 0.0933. The van der Waals surface area contributed by atoms with E-state index in [0.717, 1.165) is 51.0 Å². The van der Waals surface area contributed by atoms with Crippen molar-refractivity contribution in [1.82, 2.24) is 4.57 Å². The number of aromatic nitrogens is 1. The van der Waals surface area contributed by atoms with Gasteiger partial charge in [0.05, 0.1) is 17.1 Å². The molecule has 1 spiro atoms.